The molecule has 0 atom stereocenters. The van der Waals surface area contributed by atoms with Gasteiger partial charge < -0.3 is 5.32 Å². The van der Waals surface area contributed by atoms with Gasteiger partial charge in [0.2, 0.25) is 0 Å². The van der Waals surface area contributed by atoms with E-state index in [1.54, 1.807) is 12.1 Å². The van der Waals surface area contributed by atoms with E-state index < -0.39 is 0 Å². The second kappa shape index (κ2) is 5.57. The van der Waals surface area contributed by atoms with Gasteiger partial charge in [-0.2, -0.15) is 5.26 Å². The molecule has 0 bridgehead atoms. The van der Waals surface area contributed by atoms with E-state index >= 15 is 0 Å². The molecule has 2 aromatic carbocycles. The molecule has 3 rings (SSSR count). The highest BCUT2D eigenvalue weighted by Crippen LogP contribution is 2.28. The van der Waals surface area contributed by atoms with Gasteiger partial charge in [0, 0.05) is 15.5 Å². The Morgan fingerprint density at radius 3 is 2.81 bits per heavy atom. The maximum Gasteiger partial charge on any atom is 0.257 e. The summed E-state index contributed by atoms with van der Waals surface area (Å²) < 4.78 is 1.06. The fraction of sp³-hybridized carbons (Fsp3) is 0. The molecule has 1 aromatic heterocycles. The number of fused-ring (bicyclic) bond motifs is 1. The van der Waals surface area contributed by atoms with Gasteiger partial charge in [-0.3, -0.25) is 4.79 Å². The van der Waals surface area contributed by atoms with E-state index in [-0.39, 0.29) is 5.91 Å². The lowest BCUT2D eigenvalue weighted by molar-refractivity contribution is 0.102. The highest BCUT2D eigenvalue weighted by atomic mass is 35.5. The smallest absolute Gasteiger partial charge is 0.257 e. The maximum absolute atomic E-state index is 12.4. The quantitative estimate of drug-likeness (QED) is 0.747. The monoisotopic (exact) mass is 312 g/mol. The van der Waals surface area contributed by atoms with Crippen LogP contribution < -0.4 is 5.32 Å². The first-order valence-electron chi connectivity index (χ1n) is 6.16. The SMILES string of the molecule is N#Cc1ccc(NC(=O)c2csc3ccccc23)c(Cl)c1. The number of thiophene rings is 1. The zero-order valence-electron chi connectivity index (χ0n) is 10.8. The normalized spacial score (nSPS) is 10.3. The fourth-order valence-electron chi connectivity index (χ4n) is 2.03. The standard InChI is InChI=1S/C16H9ClN2OS/c17-13-7-10(8-18)5-6-14(13)19-16(20)12-9-21-15-4-2-1-3-11(12)15/h1-7,9H,(H,19,20). The number of hydrogen-bond donors (Lipinski definition) is 1. The Hall–Kier alpha value is -2.35. The fourth-order valence-corrected chi connectivity index (χ4v) is 3.20. The second-order valence-electron chi connectivity index (χ2n) is 4.41. The van der Waals surface area contributed by atoms with E-state index in [2.05, 4.69) is 5.32 Å². The third-order valence-electron chi connectivity index (χ3n) is 3.07. The molecule has 0 fully saturated rings. The molecule has 5 heteroatoms. The maximum atomic E-state index is 12.4. The highest BCUT2D eigenvalue weighted by Gasteiger charge is 2.13. The molecule has 102 valence electrons. The molecule has 0 radical (unpaired) electrons. The van der Waals surface area contributed by atoms with Crippen molar-refractivity contribution in [2.45, 2.75) is 0 Å². The van der Waals surface area contributed by atoms with E-state index in [9.17, 15) is 4.79 Å². The molecule has 1 amide bonds. The number of benzene rings is 2. The average molecular weight is 313 g/mol. The van der Waals surface area contributed by atoms with E-state index in [0.29, 0.717) is 21.8 Å². The molecule has 3 aromatic rings. The predicted octanol–water partition coefficient (Wildman–Crippen LogP) is 4.68. The molecular weight excluding hydrogens is 304 g/mol. The summed E-state index contributed by atoms with van der Waals surface area (Å²) in [6, 6.07) is 14.5. The van der Waals surface area contributed by atoms with Gasteiger partial charge >= 0.3 is 0 Å². The largest absolute Gasteiger partial charge is 0.321 e. The van der Waals surface area contributed by atoms with Gasteiger partial charge in [0.15, 0.2) is 0 Å². The second-order valence-corrected chi connectivity index (χ2v) is 5.72. The van der Waals surface area contributed by atoms with Crippen LogP contribution in [-0.2, 0) is 0 Å². The Morgan fingerprint density at radius 2 is 2.05 bits per heavy atom. The Kier molecular flexibility index (Phi) is 3.61. The minimum absolute atomic E-state index is 0.209. The van der Waals surface area contributed by atoms with Crippen LogP contribution in [0.15, 0.2) is 47.8 Å². The van der Waals surface area contributed by atoms with Crippen LogP contribution in [0.5, 0.6) is 0 Å². The third kappa shape index (κ3) is 2.62. The van der Waals surface area contributed by atoms with Crippen molar-refractivity contribution in [1.82, 2.24) is 0 Å². The summed E-state index contributed by atoms with van der Waals surface area (Å²) >= 11 is 7.59. The van der Waals surface area contributed by atoms with Crippen LogP contribution in [-0.4, -0.2) is 5.91 Å². The predicted molar refractivity (Wildman–Crippen MR) is 85.9 cm³/mol. The number of nitrogens with one attached hydrogen (secondary N) is 1. The summed E-state index contributed by atoms with van der Waals surface area (Å²) in [7, 11) is 0. The molecule has 1 heterocycles. The number of halogens is 1. The first kappa shape index (κ1) is 13.6. The zero-order valence-corrected chi connectivity index (χ0v) is 12.3. The molecule has 0 unspecified atom stereocenters. The minimum Gasteiger partial charge on any atom is -0.321 e. The summed E-state index contributed by atoms with van der Waals surface area (Å²) in [5.41, 5.74) is 1.57. The Labute approximate surface area is 130 Å². The number of anilines is 1. The summed E-state index contributed by atoms with van der Waals surface area (Å²) in [4.78, 5) is 12.4. The van der Waals surface area contributed by atoms with Crippen LogP contribution in [0.3, 0.4) is 0 Å². The van der Waals surface area contributed by atoms with Crippen LogP contribution in [0.1, 0.15) is 15.9 Å². The third-order valence-corrected chi connectivity index (χ3v) is 4.35. The number of nitrogens with zero attached hydrogens (tertiary/aromatic N) is 1. The van der Waals surface area contributed by atoms with Crippen LogP contribution in [0, 0.1) is 11.3 Å². The first-order chi connectivity index (χ1) is 10.2. The number of rotatable bonds is 2. The number of amides is 1. The zero-order chi connectivity index (χ0) is 14.8. The molecular formula is C16H9ClN2OS. The van der Waals surface area contributed by atoms with Crippen LogP contribution >= 0.6 is 22.9 Å². The molecule has 21 heavy (non-hydrogen) atoms. The molecule has 1 N–H and O–H groups in total. The lowest BCUT2D eigenvalue weighted by Crippen LogP contribution is -2.11. The summed E-state index contributed by atoms with van der Waals surface area (Å²) in [6.45, 7) is 0. The van der Waals surface area contributed by atoms with Crippen LogP contribution in [0.4, 0.5) is 5.69 Å². The van der Waals surface area contributed by atoms with Crippen LogP contribution in [0.25, 0.3) is 10.1 Å². The van der Waals surface area contributed by atoms with E-state index in [4.69, 9.17) is 16.9 Å². The summed E-state index contributed by atoms with van der Waals surface area (Å²) in [5, 5.41) is 14.7. The summed E-state index contributed by atoms with van der Waals surface area (Å²) in [6.07, 6.45) is 0. The van der Waals surface area contributed by atoms with Crippen molar-refractivity contribution in [1.29, 1.82) is 5.26 Å². The lowest BCUT2D eigenvalue weighted by Gasteiger charge is -2.06. The van der Waals surface area contributed by atoms with E-state index in [1.165, 1.54) is 17.4 Å². The van der Waals surface area contributed by atoms with Crippen molar-refractivity contribution in [2.75, 3.05) is 5.32 Å². The molecule has 0 aliphatic carbocycles. The van der Waals surface area contributed by atoms with Gasteiger partial charge in [-0.1, -0.05) is 29.8 Å². The lowest BCUT2D eigenvalue weighted by atomic mass is 10.1. The molecule has 0 saturated carbocycles. The van der Waals surface area contributed by atoms with Gasteiger partial charge in [-0.05, 0) is 24.3 Å². The van der Waals surface area contributed by atoms with Crippen molar-refractivity contribution in [3.05, 3.63) is 64.0 Å². The topological polar surface area (TPSA) is 52.9 Å². The molecule has 0 aliphatic rings. The van der Waals surface area contributed by atoms with Gasteiger partial charge in [-0.15, -0.1) is 11.3 Å². The van der Waals surface area contributed by atoms with Gasteiger partial charge in [0.25, 0.3) is 5.91 Å². The van der Waals surface area contributed by atoms with Gasteiger partial charge in [-0.25, -0.2) is 0 Å². The number of nitriles is 1. The minimum atomic E-state index is -0.209. The number of hydrogen-bond acceptors (Lipinski definition) is 3. The average Bonchev–Trinajstić information content (AvgIpc) is 2.93. The van der Waals surface area contributed by atoms with Gasteiger partial charge in [0.1, 0.15) is 0 Å². The Bertz CT molecular complexity index is 879. The molecule has 0 spiro atoms. The van der Waals surface area contributed by atoms with Crippen LogP contribution in [0.2, 0.25) is 5.02 Å². The van der Waals surface area contributed by atoms with E-state index in [0.717, 1.165) is 10.1 Å². The number of carbonyl (C=O) groups excluding carboxylic acids is 1. The van der Waals surface area contributed by atoms with Crippen molar-refractivity contribution in [2.24, 2.45) is 0 Å². The van der Waals surface area contributed by atoms with Crippen molar-refractivity contribution in [3.63, 3.8) is 0 Å². The Morgan fingerprint density at radius 1 is 1.24 bits per heavy atom. The molecule has 0 saturated heterocycles. The molecule has 0 aliphatic heterocycles. The highest BCUT2D eigenvalue weighted by molar-refractivity contribution is 7.17. The van der Waals surface area contributed by atoms with Gasteiger partial charge in [0.05, 0.1) is 27.9 Å². The van der Waals surface area contributed by atoms with Crippen molar-refractivity contribution < 1.29 is 4.79 Å². The first-order valence-corrected chi connectivity index (χ1v) is 7.42. The van der Waals surface area contributed by atoms with E-state index in [1.807, 2.05) is 35.7 Å². The van der Waals surface area contributed by atoms with Crippen molar-refractivity contribution in [3.8, 4) is 6.07 Å². The van der Waals surface area contributed by atoms with Crippen molar-refractivity contribution >= 4 is 44.6 Å². The molecule has 3 nitrogen and oxygen atoms in total. The summed E-state index contributed by atoms with van der Waals surface area (Å²) in [5.74, 6) is -0.209. The number of carbonyl (C=O) groups is 1. The Balaban J connectivity index is 1.92.